The highest BCUT2D eigenvalue weighted by Crippen LogP contribution is 2.27. The van der Waals surface area contributed by atoms with Gasteiger partial charge in [0.1, 0.15) is 12.0 Å². The van der Waals surface area contributed by atoms with Gasteiger partial charge in [-0.05, 0) is 19.9 Å². The molecule has 3 N–H and O–H groups in total. The van der Waals surface area contributed by atoms with Crippen LogP contribution >= 0.6 is 0 Å². The number of rotatable bonds is 5. The first-order valence-electron chi connectivity index (χ1n) is 7.50. The molecule has 112 valence electrons. The number of likely N-dealkylation sites (N-methyl/N-ethyl adjacent to an activating group) is 1. The van der Waals surface area contributed by atoms with Gasteiger partial charge in [-0.2, -0.15) is 0 Å². The van der Waals surface area contributed by atoms with E-state index in [9.17, 15) is 0 Å². The van der Waals surface area contributed by atoms with Crippen molar-refractivity contribution in [3.8, 4) is 0 Å². The van der Waals surface area contributed by atoms with Gasteiger partial charge in [-0.25, -0.2) is 9.97 Å². The van der Waals surface area contributed by atoms with Gasteiger partial charge in [0.15, 0.2) is 11.6 Å². The summed E-state index contributed by atoms with van der Waals surface area (Å²) >= 11 is 0. The highest BCUT2D eigenvalue weighted by atomic mass is 15.3. The molecule has 1 aliphatic heterocycles. The number of nitrogens with two attached hydrogens (primary N) is 1. The summed E-state index contributed by atoms with van der Waals surface area (Å²) in [6, 6.07) is 0.358. The van der Waals surface area contributed by atoms with E-state index < -0.39 is 0 Å². The van der Waals surface area contributed by atoms with Gasteiger partial charge in [-0.1, -0.05) is 13.8 Å². The molecule has 1 fully saturated rings. The number of hydrogen-bond donors (Lipinski definition) is 2. The van der Waals surface area contributed by atoms with E-state index in [1.165, 1.54) is 0 Å². The van der Waals surface area contributed by atoms with Crippen LogP contribution in [0.5, 0.6) is 0 Å². The molecule has 1 atom stereocenters. The Morgan fingerprint density at radius 3 is 2.55 bits per heavy atom. The average Bonchev–Trinajstić information content (AvgIpc) is 2.49. The standard InChI is InChI=1S/C14H26N6/c1-4-11(3)18-13-12(15)14(17-10-16-13)20-8-6-19(5-2)7-9-20/h10-11H,4-9,15H2,1-3H3,(H,16,17,18). The predicted molar refractivity (Wildman–Crippen MR) is 84.1 cm³/mol. The van der Waals surface area contributed by atoms with Crippen molar-refractivity contribution in [1.29, 1.82) is 0 Å². The van der Waals surface area contributed by atoms with Crippen LogP contribution in [0.4, 0.5) is 17.3 Å². The van der Waals surface area contributed by atoms with E-state index in [1.54, 1.807) is 6.33 Å². The summed E-state index contributed by atoms with van der Waals surface area (Å²) in [6.07, 6.45) is 2.64. The highest BCUT2D eigenvalue weighted by Gasteiger charge is 2.20. The number of nitrogen functional groups attached to an aromatic ring is 1. The van der Waals surface area contributed by atoms with Gasteiger partial charge in [0, 0.05) is 32.2 Å². The van der Waals surface area contributed by atoms with E-state index >= 15 is 0 Å². The summed E-state index contributed by atoms with van der Waals surface area (Å²) in [5.41, 5.74) is 6.91. The van der Waals surface area contributed by atoms with Gasteiger partial charge < -0.3 is 20.9 Å². The van der Waals surface area contributed by atoms with Crippen LogP contribution in [0, 0.1) is 0 Å². The SMILES string of the molecule is CCC(C)Nc1ncnc(N2CCN(CC)CC2)c1N. The minimum Gasteiger partial charge on any atom is -0.393 e. The lowest BCUT2D eigenvalue weighted by atomic mass is 10.2. The Labute approximate surface area is 121 Å². The molecular formula is C14H26N6. The molecule has 1 aromatic rings. The van der Waals surface area contributed by atoms with Crippen molar-refractivity contribution < 1.29 is 0 Å². The Kier molecular flexibility index (Phi) is 5.00. The monoisotopic (exact) mass is 278 g/mol. The molecule has 0 saturated carbocycles. The summed E-state index contributed by atoms with van der Waals surface area (Å²) in [6.45, 7) is 11.6. The Balaban J connectivity index is 2.10. The lowest BCUT2D eigenvalue weighted by molar-refractivity contribution is 0.270. The maximum absolute atomic E-state index is 6.24. The Hall–Kier alpha value is -1.56. The minimum atomic E-state index is 0.358. The third-order valence-electron chi connectivity index (χ3n) is 3.98. The third kappa shape index (κ3) is 3.30. The summed E-state index contributed by atoms with van der Waals surface area (Å²) in [5.74, 6) is 1.61. The average molecular weight is 278 g/mol. The fourth-order valence-corrected chi connectivity index (χ4v) is 2.36. The van der Waals surface area contributed by atoms with Crippen LogP contribution in [-0.2, 0) is 0 Å². The highest BCUT2D eigenvalue weighted by molar-refractivity contribution is 5.75. The van der Waals surface area contributed by atoms with Crippen molar-refractivity contribution >= 4 is 17.3 Å². The van der Waals surface area contributed by atoms with Crippen LogP contribution in [0.1, 0.15) is 27.2 Å². The molecule has 0 amide bonds. The van der Waals surface area contributed by atoms with E-state index in [0.717, 1.165) is 50.8 Å². The van der Waals surface area contributed by atoms with E-state index in [4.69, 9.17) is 5.73 Å². The predicted octanol–water partition coefficient (Wildman–Crippen LogP) is 1.41. The van der Waals surface area contributed by atoms with Crippen LogP contribution in [0.2, 0.25) is 0 Å². The number of anilines is 3. The van der Waals surface area contributed by atoms with E-state index in [2.05, 4.69) is 45.9 Å². The van der Waals surface area contributed by atoms with Crippen molar-refractivity contribution in [2.24, 2.45) is 0 Å². The molecule has 1 aliphatic rings. The lowest BCUT2D eigenvalue weighted by Crippen LogP contribution is -2.46. The zero-order valence-corrected chi connectivity index (χ0v) is 12.8. The van der Waals surface area contributed by atoms with Gasteiger partial charge in [0.05, 0.1) is 0 Å². The zero-order valence-electron chi connectivity index (χ0n) is 12.8. The molecule has 1 saturated heterocycles. The summed E-state index contributed by atoms with van der Waals surface area (Å²) in [5, 5.41) is 3.35. The normalized spacial score (nSPS) is 18.1. The Bertz CT molecular complexity index is 428. The van der Waals surface area contributed by atoms with Crippen LogP contribution < -0.4 is 16.0 Å². The molecule has 0 radical (unpaired) electrons. The number of piperazine rings is 1. The molecule has 1 unspecified atom stereocenters. The fraction of sp³-hybridized carbons (Fsp3) is 0.714. The van der Waals surface area contributed by atoms with Gasteiger partial charge in [0.25, 0.3) is 0 Å². The Morgan fingerprint density at radius 2 is 1.95 bits per heavy atom. The van der Waals surface area contributed by atoms with Crippen LogP contribution in [0.25, 0.3) is 0 Å². The quantitative estimate of drug-likeness (QED) is 0.848. The first-order chi connectivity index (χ1) is 9.65. The number of nitrogens with one attached hydrogen (secondary N) is 1. The molecule has 2 heterocycles. The summed E-state index contributed by atoms with van der Waals surface area (Å²) in [7, 11) is 0. The van der Waals surface area contributed by atoms with Crippen molar-refractivity contribution in [2.75, 3.05) is 48.7 Å². The molecule has 0 aromatic carbocycles. The molecule has 6 heteroatoms. The first kappa shape index (κ1) is 14.8. The van der Waals surface area contributed by atoms with Crippen molar-refractivity contribution in [1.82, 2.24) is 14.9 Å². The molecule has 6 nitrogen and oxygen atoms in total. The van der Waals surface area contributed by atoms with E-state index in [0.29, 0.717) is 11.7 Å². The van der Waals surface area contributed by atoms with E-state index in [-0.39, 0.29) is 0 Å². The van der Waals surface area contributed by atoms with Crippen molar-refractivity contribution in [3.05, 3.63) is 6.33 Å². The molecular weight excluding hydrogens is 252 g/mol. The topological polar surface area (TPSA) is 70.3 Å². The number of hydrogen-bond acceptors (Lipinski definition) is 6. The fourth-order valence-electron chi connectivity index (χ4n) is 2.36. The maximum Gasteiger partial charge on any atom is 0.157 e. The molecule has 0 bridgehead atoms. The summed E-state index contributed by atoms with van der Waals surface area (Å²) < 4.78 is 0. The van der Waals surface area contributed by atoms with Crippen LogP contribution in [0.3, 0.4) is 0 Å². The lowest BCUT2D eigenvalue weighted by Gasteiger charge is -2.35. The molecule has 2 rings (SSSR count). The minimum absolute atomic E-state index is 0.358. The number of aromatic nitrogens is 2. The Morgan fingerprint density at radius 1 is 1.25 bits per heavy atom. The molecule has 20 heavy (non-hydrogen) atoms. The second-order valence-electron chi connectivity index (χ2n) is 5.33. The van der Waals surface area contributed by atoms with Crippen molar-refractivity contribution in [3.63, 3.8) is 0 Å². The van der Waals surface area contributed by atoms with Crippen molar-refractivity contribution in [2.45, 2.75) is 33.2 Å². The second-order valence-corrected chi connectivity index (χ2v) is 5.33. The smallest absolute Gasteiger partial charge is 0.157 e. The maximum atomic E-state index is 6.24. The first-order valence-corrected chi connectivity index (χ1v) is 7.50. The number of nitrogens with zero attached hydrogens (tertiary/aromatic N) is 4. The largest absolute Gasteiger partial charge is 0.393 e. The van der Waals surface area contributed by atoms with Gasteiger partial charge >= 0.3 is 0 Å². The zero-order chi connectivity index (χ0) is 14.5. The molecule has 1 aromatic heterocycles. The van der Waals surface area contributed by atoms with Gasteiger partial charge in [-0.15, -0.1) is 0 Å². The molecule has 0 aliphatic carbocycles. The second kappa shape index (κ2) is 6.74. The van der Waals surface area contributed by atoms with E-state index in [1.807, 2.05) is 0 Å². The molecule has 0 spiro atoms. The van der Waals surface area contributed by atoms with Crippen LogP contribution in [-0.4, -0.2) is 53.6 Å². The summed E-state index contributed by atoms with van der Waals surface area (Å²) in [4.78, 5) is 13.3. The van der Waals surface area contributed by atoms with Gasteiger partial charge in [0.2, 0.25) is 0 Å². The van der Waals surface area contributed by atoms with Gasteiger partial charge in [-0.3, -0.25) is 0 Å². The van der Waals surface area contributed by atoms with Crippen LogP contribution in [0.15, 0.2) is 6.33 Å². The third-order valence-corrected chi connectivity index (χ3v) is 3.98.